The minimum Gasteiger partial charge on any atom is -0.481 e. The van der Waals surface area contributed by atoms with Gasteiger partial charge in [-0.05, 0) is 24.7 Å². The van der Waals surface area contributed by atoms with E-state index in [4.69, 9.17) is 5.11 Å². The summed E-state index contributed by atoms with van der Waals surface area (Å²) in [5, 5.41) is 8.56. The van der Waals surface area contributed by atoms with Crippen LogP contribution in [0, 0.1) is 11.8 Å². The van der Waals surface area contributed by atoms with Crippen LogP contribution >= 0.6 is 0 Å². The standard InChI is InChI=1S/C13H26N2O4S/c1-11-4-3-5-12(10-11)6-8-14-20(18,19)15(2)9-7-13(16)17/h11-12,14H,3-10H2,1-2H3,(H,16,17). The number of hydrogen-bond acceptors (Lipinski definition) is 3. The minimum absolute atomic E-state index is 0.00880. The van der Waals surface area contributed by atoms with Crippen molar-refractivity contribution in [3.63, 3.8) is 0 Å². The highest BCUT2D eigenvalue weighted by molar-refractivity contribution is 7.87. The number of nitrogens with zero attached hydrogens (tertiary/aromatic N) is 1. The first kappa shape index (κ1) is 17.4. The molecule has 7 heteroatoms. The SMILES string of the molecule is CC1CCCC(CCNS(=O)(=O)N(C)CCC(=O)O)C1. The molecule has 0 heterocycles. The molecule has 0 bridgehead atoms. The van der Waals surface area contributed by atoms with Crippen molar-refractivity contribution in [3.8, 4) is 0 Å². The fourth-order valence-electron chi connectivity index (χ4n) is 2.70. The molecule has 0 aromatic carbocycles. The van der Waals surface area contributed by atoms with Crippen LogP contribution in [0.4, 0.5) is 0 Å². The number of carbonyl (C=O) groups is 1. The molecule has 0 radical (unpaired) electrons. The molecule has 1 aliphatic carbocycles. The minimum atomic E-state index is -3.55. The lowest BCUT2D eigenvalue weighted by molar-refractivity contribution is -0.137. The lowest BCUT2D eigenvalue weighted by Gasteiger charge is -2.27. The smallest absolute Gasteiger partial charge is 0.304 e. The highest BCUT2D eigenvalue weighted by Gasteiger charge is 2.21. The number of aliphatic carboxylic acids is 1. The predicted molar refractivity (Wildman–Crippen MR) is 77.5 cm³/mol. The normalized spacial score (nSPS) is 23.9. The van der Waals surface area contributed by atoms with E-state index in [0.717, 1.165) is 16.6 Å². The molecule has 1 aliphatic rings. The summed E-state index contributed by atoms with van der Waals surface area (Å²) < 4.78 is 27.4. The van der Waals surface area contributed by atoms with Gasteiger partial charge in [0, 0.05) is 20.1 Å². The van der Waals surface area contributed by atoms with Crippen LogP contribution in [0.1, 0.15) is 45.4 Å². The maximum atomic E-state index is 11.9. The van der Waals surface area contributed by atoms with Crippen molar-refractivity contribution in [3.05, 3.63) is 0 Å². The molecule has 2 atom stereocenters. The van der Waals surface area contributed by atoms with Crippen molar-refractivity contribution in [2.24, 2.45) is 11.8 Å². The van der Waals surface area contributed by atoms with Crippen LogP contribution in [0.3, 0.4) is 0 Å². The Hall–Kier alpha value is -0.660. The molecule has 1 saturated carbocycles. The Balaban J connectivity index is 2.30. The van der Waals surface area contributed by atoms with Crippen LogP contribution in [0.5, 0.6) is 0 Å². The van der Waals surface area contributed by atoms with E-state index in [1.807, 2.05) is 0 Å². The number of nitrogens with one attached hydrogen (secondary N) is 1. The van der Waals surface area contributed by atoms with Gasteiger partial charge in [0.25, 0.3) is 10.2 Å². The second-order valence-electron chi connectivity index (χ2n) is 5.79. The first-order chi connectivity index (χ1) is 9.31. The van der Waals surface area contributed by atoms with Crippen LogP contribution in [-0.2, 0) is 15.0 Å². The van der Waals surface area contributed by atoms with Gasteiger partial charge in [-0.2, -0.15) is 12.7 Å². The van der Waals surface area contributed by atoms with Crippen LogP contribution in [0.25, 0.3) is 0 Å². The molecule has 2 N–H and O–H groups in total. The lowest BCUT2D eigenvalue weighted by atomic mass is 9.81. The number of carboxylic acids is 1. The molecule has 20 heavy (non-hydrogen) atoms. The zero-order valence-corrected chi connectivity index (χ0v) is 13.2. The average molecular weight is 306 g/mol. The molecule has 0 spiro atoms. The zero-order chi connectivity index (χ0) is 15.2. The van der Waals surface area contributed by atoms with Crippen molar-refractivity contribution in [1.82, 2.24) is 9.03 Å². The molecule has 0 aromatic heterocycles. The van der Waals surface area contributed by atoms with Crippen molar-refractivity contribution in [1.29, 1.82) is 0 Å². The van der Waals surface area contributed by atoms with Gasteiger partial charge in [-0.25, -0.2) is 4.72 Å². The van der Waals surface area contributed by atoms with Crippen molar-refractivity contribution in [2.75, 3.05) is 20.1 Å². The summed E-state index contributed by atoms with van der Waals surface area (Å²) in [7, 11) is -2.15. The predicted octanol–water partition coefficient (Wildman–Crippen LogP) is 1.44. The van der Waals surface area contributed by atoms with E-state index in [1.165, 1.54) is 32.7 Å². The molecule has 1 rings (SSSR count). The molecule has 1 fully saturated rings. The Morgan fingerprint density at radius 3 is 2.70 bits per heavy atom. The summed E-state index contributed by atoms with van der Waals surface area (Å²) in [5.74, 6) is 0.345. The van der Waals surface area contributed by atoms with Gasteiger partial charge >= 0.3 is 5.97 Å². The molecule has 0 aliphatic heterocycles. The number of carboxylic acid groups (broad SMARTS) is 1. The van der Waals surface area contributed by atoms with E-state index >= 15 is 0 Å². The van der Waals surface area contributed by atoms with Crippen LogP contribution < -0.4 is 4.72 Å². The van der Waals surface area contributed by atoms with Gasteiger partial charge in [-0.3, -0.25) is 4.79 Å². The Morgan fingerprint density at radius 1 is 1.40 bits per heavy atom. The molecule has 0 amide bonds. The molecule has 0 saturated heterocycles. The van der Waals surface area contributed by atoms with E-state index in [9.17, 15) is 13.2 Å². The molecular formula is C13H26N2O4S. The summed E-state index contributed by atoms with van der Waals surface area (Å²) in [6, 6.07) is 0. The van der Waals surface area contributed by atoms with Gasteiger partial charge in [0.15, 0.2) is 0 Å². The van der Waals surface area contributed by atoms with Gasteiger partial charge in [-0.1, -0.05) is 26.2 Å². The summed E-state index contributed by atoms with van der Waals surface area (Å²) in [5.41, 5.74) is 0. The molecule has 118 valence electrons. The first-order valence-corrected chi connectivity index (χ1v) is 8.68. The highest BCUT2D eigenvalue weighted by Crippen LogP contribution is 2.30. The summed E-state index contributed by atoms with van der Waals surface area (Å²) in [6.45, 7) is 2.66. The Labute approximate surface area is 121 Å². The second kappa shape index (κ2) is 7.95. The third-order valence-corrected chi connectivity index (χ3v) is 5.51. The maximum absolute atomic E-state index is 11.9. The Kier molecular flexibility index (Phi) is 6.91. The average Bonchev–Trinajstić information content (AvgIpc) is 2.35. The van der Waals surface area contributed by atoms with Gasteiger partial charge in [-0.15, -0.1) is 0 Å². The number of rotatable bonds is 8. The van der Waals surface area contributed by atoms with Gasteiger partial charge in [0.2, 0.25) is 0 Å². The van der Waals surface area contributed by atoms with Crippen LogP contribution in [-0.4, -0.2) is 43.9 Å². The monoisotopic (exact) mass is 306 g/mol. The van der Waals surface area contributed by atoms with E-state index in [0.29, 0.717) is 12.5 Å². The molecule has 0 aromatic rings. The summed E-state index contributed by atoms with van der Waals surface area (Å²) >= 11 is 0. The quantitative estimate of drug-likeness (QED) is 0.710. The van der Waals surface area contributed by atoms with Crippen molar-refractivity contribution >= 4 is 16.2 Å². The fourth-order valence-corrected chi connectivity index (χ4v) is 3.63. The number of hydrogen-bond donors (Lipinski definition) is 2. The van der Waals surface area contributed by atoms with Gasteiger partial charge in [0.1, 0.15) is 0 Å². The first-order valence-electron chi connectivity index (χ1n) is 7.24. The van der Waals surface area contributed by atoms with Crippen molar-refractivity contribution < 1.29 is 18.3 Å². The second-order valence-corrected chi connectivity index (χ2v) is 7.65. The van der Waals surface area contributed by atoms with Crippen LogP contribution in [0.15, 0.2) is 0 Å². The fraction of sp³-hybridized carbons (Fsp3) is 0.923. The molecule has 6 nitrogen and oxygen atoms in total. The largest absolute Gasteiger partial charge is 0.481 e. The van der Waals surface area contributed by atoms with Gasteiger partial charge < -0.3 is 5.11 Å². The Morgan fingerprint density at radius 2 is 2.10 bits per heavy atom. The highest BCUT2D eigenvalue weighted by atomic mass is 32.2. The summed E-state index contributed by atoms with van der Waals surface area (Å²) in [4.78, 5) is 10.4. The van der Waals surface area contributed by atoms with E-state index in [-0.39, 0.29) is 13.0 Å². The third kappa shape index (κ3) is 6.19. The van der Waals surface area contributed by atoms with Crippen molar-refractivity contribution in [2.45, 2.75) is 45.4 Å². The summed E-state index contributed by atoms with van der Waals surface area (Å²) in [6.07, 6.45) is 5.54. The van der Waals surface area contributed by atoms with E-state index in [2.05, 4.69) is 11.6 Å². The van der Waals surface area contributed by atoms with Gasteiger partial charge in [0.05, 0.1) is 6.42 Å². The Bertz CT molecular complexity index is 411. The topological polar surface area (TPSA) is 86.7 Å². The third-order valence-electron chi connectivity index (χ3n) is 3.93. The maximum Gasteiger partial charge on any atom is 0.304 e. The zero-order valence-electron chi connectivity index (χ0n) is 12.3. The van der Waals surface area contributed by atoms with E-state index in [1.54, 1.807) is 0 Å². The molecule has 2 unspecified atom stereocenters. The van der Waals surface area contributed by atoms with Crippen LogP contribution in [0.2, 0.25) is 0 Å². The van der Waals surface area contributed by atoms with E-state index < -0.39 is 16.2 Å². The lowest BCUT2D eigenvalue weighted by Crippen LogP contribution is -2.40. The molecular weight excluding hydrogens is 280 g/mol.